The molecule has 4 aromatic rings. The molecular weight excluding hydrogens is 414 g/mol. The molecule has 0 fully saturated rings. The van der Waals surface area contributed by atoms with Crippen LogP contribution in [0.1, 0.15) is 31.8 Å². The number of carboxylic acids is 1. The van der Waals surface area contributed by atoms with Crippen LogP contribution in [-0.2, 0) is 0 Å². The number of hydrogen-bond donors (Lipinski definition) is 2. The van der Waals surface area contributed by atoms with Crippen molar-refractivity contribution in [3.8, 4) is 0 Å². The monoisotopic (exact) mass is 435 g/mol. The Morgan fingerprint density at radius 2 is 1.67 bits per heavy atom. The van der Waals surface area contributed by atoms with E-state index in [0.717, 1.165) is 22.0 Å². The van der Waals surface area contributed by atoms with E-state index < -0.39 is 11.9 Å². The van der Waals surface area contributed by atoms with E-state index in [1.54, 1.807) is 18.2 Å². The van der Waals surface area contributed by atoms with Gasteiger partial charge in [0.1, 0.15) is 5.69 Å². The summed E-state index contributed by atoms with van der Waals surface area (Å²) >= 11 is 0. The second-order valence-electron chi connectivity index (χ2n) is 7.40. The molecule has 0 atom stereocenters. The minimum Gasteiger partial charge on any atom is -0.478 e. The van der Waals surface area contributed by atoms with Crippen molar-refractivity contribution in [2.75, 3.05) is 5.32 Å². The van der Waals surface area contributed by atoms with Gasteiger partial charge in [-0.2, -0.15) is 5.11 Å². The molecule has 0 aliphatic rings. The molecule has 0 radical (unpaired) electrons. The summed E-state index contributed by atoms with van der Waals surface area (Å²) in [6.45, 7) is 5.59. The second kappa shape index (κ2) is 9.28. The highest BCUT2D eigenvalue weighted by Gasteiger charge is 2.20. The van der Waals surface area contributed by atoms with Crippen molar-refractivity contribution in [1.29, 1.82) is 0 Å². The number of fused-ring (bicyclic) bond motifs is 1. The van der Waals surface area contributed by atoms with Gasteiger partial charge in [-0.05, 0) is 41.6 Å². The van der Waals surface area contributed by atoms with Gasteiger partial charge in [0.2, 0.25) is 0 Å². The van der Waals surface area contributed by atoms with Gasteiger partial charge in [0.15, 0.2) is 0 Å². The Balaban J connectivity index is 1.80. The molecule has 4 rings (SSSR count). The minimum atomic E-state index is -1.20. The first kappa shape index (κ1) is 21.6. The first-order valence-corrected chi connectivity index (χ1v) is 10.3. The third-order valence-electron chi connectivity index (χ3n) is 5.30. The fourth-order valence-corrected chi connectivity index (χ4v) is 3.60. The average molecular weight is 435 g/mol. The number of benzene rings is 4. The van der Waals surface area contributed by atoms with E-state index in [0.29, 0.717) is 16.9 Å². The van der Waals surface area contributed by atoms with E-state index >= 15 is 0 Å². The fourth-order valence-electron chi connectivity index (χ4n) is 3.60. The number of carbonyl (C=O) groups is 2. The first-order valence-electron chi connectivity index (χ1n) is 10.3. The van der Waals surface area contributed by atoms with Crippen LogP contribution < -0.4 is 5.32 Å². The third-order valence-corrected chi connectivity index (χ3v) is 5.30. The maximum atomic E-state index is 13.1. The van der Waals surface area contributed by atoms with Gasteiger partial charge in [0.05, 0.1) is 22.5 Å². The molecule has 0 unspecified atom stereocenters. The Hall–Kier alpha value is -4.58. The SMILES string of the molecule is C=Cc1cccc(C(=O)Nc2ccc3ccccc3c2N=Nc2ccccc2C)c1C(=O)O. The number of amides is 1. The summed E-state index contributed by atoms with van der Waals surface area (Å²) in [5.41, 5.74) is 2.91. The van der Waals surface area contributed by atoms with Crippen LogP contribution >= 0.6 is 0 Å². The zero-order chi connectivity index (χ0) is 23.4. The summed E-state index contributed by atoms with van der Waals surface area (Å²) in [5, 5.41) is 23.1. The highest BCUT2D eigenvalue weighted by molar-refractivity contribution is 6.14. The Labute approximate surface area is 190 Å². The van der Waals surface area contributed by atoms with Crippen LogP contribution in [0.15, 0.2) is 95.7 Å². The molecule has 1 amide bonds. The number of carbonyl (C=O) groups excluding carboxylic acids is 1. The Bertz CT molecular complexity index is 1420. The Morgan fingerprint density at radius 1 is 0.909 bits per heavy atom. The van der Waals surface area contributed by atoms with Gasteiger partial charge < -0.3 is 10.4 Å². The highest BCUT2D eigenvalue weighted by atomic mass is 16.4. The average Bonchev–Trinajstić information content (AvgIpc) is 2.83. The van der Waals surface area contributed by atoms with Crippen molar-refractivity contribution in [1.82, 2.24) is 0 Å². The third kappa shape index (κ3) is 4.41. The summed E-state index contributed by atoms with van der Waals surface area (Å²) in [7, 11) is 0. The lowest BCUT2D eigenvalue weighted by Crippen LogP contribution is -2.17. The summed E-state index contributed by atoms with van der Waals surface area (Å²) in [6, 6.07) is 23.6. The van der Waals surface area contributed by atoms with E-state index in [2.05, 4.69) is 22.1 Å². The van der Waals surface area contributed by atoms with Crippen LogP contribution in [0.2, 0.25) is 0 Å². The molecule has 4 aromatic carbocycles. The van der Waals surface area contributed by atoms with Gasteiger partial charge in [-0.3, -0.25) is 4.79 Å². The first-order chi connectivity index (χ1) is 16.0. The molecule has 0 bridgehead atoms. The molecule has 6 heteroatoms. The van der Waals surface area contributed by atoms with Crippen LogP contribution in [-0.4, -0.2) is 17.0 Å². The Kier molecular flexibility index (Phi) is 6.09. The summed E-state index contributed by atoms with van der Waals surface area (Å²) < 4.78 is 0. The van der Waals surface area contributed by atoms with Crippen molar-refractivity contribution in [3.63, 3.8) is 0 Å². The van der Waals surface area contributed by atoms with Crippen LogP contribution in [0, 0.1) is 6.92 Å². The van der Waals surface area contributed by atoms with E-state index in [1.807, 2.05) is 61.5 Å². The second-order valence-corrected chi connectivity index (χ2v) is 7.40. The normalized spacial score (nSPS) is 10.9. The zero-order valence-corrected chi connectivity index (χ0v) is 17.9. The number of nitrogens with zero attached hydrogens (tertiary/aromatic N) is 2. The molecule has 0 spiro atoms. The van der Waals surface area contributed by atoms with Gasteiger partial charge in [0, 0.05) is 5.39 Å². The molecule has 0 aliphatic carbocycles. The maximum Gasteiger partial charge on any atom is 0.337 e. The lowest BCUT2D eigenvalue weighted by atomic mass is 10.00. The predicted molar refractivity (Wildman–Crippen MR) is 131 cm³/mol. The maximum absolute atomic E-state index is 13.1. The van der Waals surface area contributed by atoms with Gasteiger partial charge in [0.25, 0.3) is 5.91 Å². The minimum absolute atomic E-state index is 0.0369. The van der Waals surface area contributed by atoms with Crippen molar-refractivity contribution >= 4 is 45.8 Å². The lowest BCUT2D eigenvalue weighted by molar-refractivity contribution is 0.0692. The van der Waals surface area contributed by atoms with Gasteiger partial charge >= 0.3 is 5.97 Å². The number of carboxylic acid groups (broad SMARTS) is 1. The van der Waals surface area contributed by atoms with Crippen molar-refractivity contribution in [2.24, 2.45) is 10.2 Å². The molecule has 0 saturated heterocycles. The van der Waals surface area contributed by atoms with Gasteiger partial charge in [-0.25, -0.2) is 4.79 Å². The zero-order valence-electron chi connectivity index (χ0n) is 17.9. The fraction of sp³-hybridized carbons (Fsp3) is 0.0370. The van der Waals surface area contributed by atoms with Crippen LogP contribution in [0.3, 0.4) is 0 Å². The van der Waals surface area contributed by atoms with Crippen LogP contribution in [0.25, 0.3) is 16.8 Å². The van der Waals surface area contributed by atoms with Crippen molar-refractivity contribution < 1.29 is 14.7 Å². The van der Waals surface area contributed by atoms with Gasteiger partial charge in [-0.1, -0.05) is 73.3 Å². The molecule has 0 aliphatic heterocycles. The molecular formula is C27H21N3O3. The van der Waals surface area contributed by atoms with Gasteiger partial charge in [-0.15, -0.1) is 5.11 Å². The van der Waals surface area contributed by atoms with Crippen molar-refractivity contribution in [2.45, 2.75) is 6.92 Å². The van der Waals surface area contributed by atoms with Crippen LogP contribution in [0.4, 0.5) is 17.1 Å². The molecule has 6 nitrogen and oxygen atoms in total. The summed E-state index contributed by atoms with van der Waals surface area (Å²) in [5.74, 6) is -1.76. The van der Waals surface area contributed by atoms with E-state index in [1.165, 1.54) is 12.1 Å². The number of rotatable bonds is 6. The van der Waals surface area contributed by atoms with Crippen LogP contribution in [0.5, 0.6) is 0 Å². The molecule has 33 heavy (non-hydrogen) atoms. The Morgan fingerprint density at radius 3 is 2.42 bits per heavy atom. The lowest BCUT2D eigenvalue weighted by Gasteiger charge is -2.13. The molecule has 2 N–H and O–H groups in total. The van der Waals surface area contributed by atoms with E-state index in [-0.39, 0.29) is 11.1 Å². The number of anilines is 1. The topological polar surface area (TPSA) is 91.1 Å². The largest absolute Gasteiger partial charge is 0.478 e. The number of aromatic carboxylic acids is 1. The number of azo groups is 1. The molecule has 0 heterocycles. The quantitative estimate of drug-likeness (QED) is 0.315. The number of aryl methyl sites for hydroxylation is 1. The molecule has 162 valence electrons. The number of nitrogens with one attached hydrogen (secondary N) is 1. The van der Waals surface area contributed by atoms with Crippen molar-refractivity contribution in [3.05, 3.63) is 108 Å². The number of hydrogen-bond acceptors (Lipinski definition) is 4. The molecule has 0 aromatic heterocycles. The van der Waals surface area contributed by atoms with E-state index in [4.69, 9.17) is 0 Å². The molecule has 0 saturated carbocycles. The summed E-state index contributed by atoms with van der Waals surface area (Å²) in [4.78, 5) is 25.0. The van der Waals surface area contributed by atoms with E-state index in [9.17, 15) is 14.7 Å². The standard InChI is InChI=1S/C27H21N3O3/c1-3-18-11-8-13-21(24(18)27(32)33)26(31)28-23-16-15-19-10-5-6-12-20(19)25(23)30-29-22-14-7-4-9-17(22)2/h3-16H,1H2,2H3,(H,28,31)(H,32,33). The predicted octanol–water partition coefficient (Wildman–Crippen LogP) is 7.16. The highest BCUT2D eigenvalue weighted by Crippen LogP contribution is 2.36. The smallest absolute Gasteiger partial charge is 0.337 e. The summed E-state index contributed by atoms with van der Waals surface area (Å²) in [6.07, 6.45) is 1.41.